The first kappa shape index (κ1) is 24.6. The van der Waals surface area contributed by atoms with E-state index in [9.17, 15) is 14.4 Å². The normalized spacial score (nSPS) is 10.1. The molecule has 0 fully saturated rings. The molecule has 0 spiro atoms. The number of ketones is 1. The van der Waals surface area contributed by atoms with Crippen LogP contribution in [0.5, 0.6) is 0 Å². The largest absolute Gasteiger partial charge is 0.353 e. The van der Waals surface area contributed by atoms with Crippen LogP contribution in [0.25, 0.3) is 0 Å². The number of carbonyl (C=O) groups excluding carboxylic acids is 3. The van der Waals surface area contributed by atoms with Crippen LogP contribution in [0.2, 0.25) is 0 Å². The Hall–Kier alpha value is -1.43. The summed E-state index contributed by atoms with van der Waals surface area (Å²) in [4.78, 5) is 35.4. The molecular formula is C15H33N3O3. The van der Waals surface area contributed by atoms with Crippen molar-refractivity contribution in [2.75, 3.05) is 27.2 Å². The molecule has 0 bridgehead atoms. The van der Waals surface area contributed by atoms with Gasteiger partial charge in [-0.3, -0.25) is 14.4 Å². The van der Waals surface area contributed by atoms with Crippen LogP contribution in [-0.4, -0.2) is 55.7 Å². The van der Waals surface area contributed by atoms with Crippen LogP contribution in [0, 0.1) is 0 Å². The highest BCUT2D eigenvalue weighted by Crippen LogP contribution is 2.03. The minimum atomic E-state index is -0.721. The van der Waals surface area contributed by atoms with Gasteiger partial charge in [0.05, 0.1) is 0 Å². The van der Waals surface area contributed by atoms with E-state index in [0.29, 0.717) is 13.1 Å². The second-order valence-electron chi connectivity index (χ2n) is 3.95. The molecule has 0 saturated carbocycles. The zero-order chi connectivity index (χ0) is 17.4. The average Bonchev–Trinajstić information content (AvgIpc) is 2.48. The summed E-state index contributed by atoms with van der Waals surface area (Å²) in [5.41, 5.74) is 0. The molecule has 0 heterocycles. The minimum absolute atomic E-state index is 0.0431. The summed E-state index contributed by atoms with van der Waals surface area (Å²) in [7, 11) is 3.30. The number of rotatable bonds is 7. The van der Waals surface area contributed by atoms with Gasteiger partial charge in [0.2, 0.25) is 11.8 Å². The van der Waals surface area contributed by atoms with E-state index in [1.54, 1.807) is 7.05 Å². The Bertz CT molecular complexity index is 294. The van der Waals surface area contributed by atoms with Crippen molar-refractivity contribution in [1.29, 1.82) is 0 Å². The number of carbonyl (C=O) groups is 3. The summed E-state index contributed by atoms with van der Waals surface area (Å²) in [6.45, 7) is 11.9. The van der Waals surface area contributed by atoms with Crippen molar-refractivity contribution in [3.05, 3.63) is 0 Å². The van der Waals surface area contributed by atoms with Crippen LogP contribution < -0.4 is 10.6 Å². The molecule has 0 radical (unpaired) electrons. The lowest BCUT2D eigenvalue weighted by Crippen LogP contribution is -2.48. The van der Waals surface area contributed by atoms with Crippen molar-refractivity contribution in [2.24, 2.45) is 0 Å². The molecule has 0 aliphatic heterocycles. The van der Waals surface area contributed by atoms with Gasteiger partial charge in [0.15, 0.2) is 0 Å². The molecule has 0 aliphatic rings. The third-order valence-electron chi connectivity index (χ3n) is 2.42. The molecule has 6 nitrogen and oxygen atoms in total. The van der Waals surface area contributed by atoms with Gasteiger partial charge in [0, 0.05) is 33.5 Å². The summed E-state index contributed by atoms with van der Waals surface area (Å²) in [6.07, 6.45) is 0.0431. The fourth-order valence-electron chi connectivity index (χ4n) is 1.33. The molecule has 21 heavy (non-hydrogen) atoms. The maximum absolute atomic E-state index is 11.8. The Morgan fingerprint density at radius 2 is 1.48 bits per heavy atom. The van der Waals surface area contributed by atoms with E-state index in [0.717, 1.165) is 0 Å². The number of amides is 2. The molecule has 126 valence electrons. The van der Waals surface area contributed by atoms with Crippen molar-refractivity contribution in [1.82, 2.24) is 15.5 Å². The maximum Gasteiger partial charge on any atom is 0.243 e. The Kier molecular flexibility index (Phi) is 19.5. The van der Waals surface area contributed by atoms with Gasteiger partial charge in [0.1, 0.15) is 11.8 Å². The molecule has 2 amide bonds. The fourth-order valence-corrected chi connectivity index (χ4v) is 1.33. The fraction of sp³-hybridized carbons (Fsp3) is 0.800. The molecular weight excluding hydrogens is 270 g/mol. The van der Waals surface area contributed by atoms with Crippen LogP contribution in [0.15, 0.2) is 0 Å². The van der Waals surface area contributed by atoms with E-state index in [4.69, 9.17) is 0 Å². The van der Waals surface area contributed by atoms with E-state index < -0.39 is 6.04 Å². The highest BCUT2D eigenvalue weighted by Gasteiger charge is 2.25. The van der Waals surface area contributed by atoms with Gasteiger partial charge in [0.25, 0.3) is 0 Å². The van der Waals surface area contributed by atoms with E-state index >= 15 is 0 Å². The summed E-state index contributed by atoms with van der Waals surface area (Å²) in [5, 5.41) is 5.57. The molecule has 6 heteroatoms. The number of nitrogens with one attached hydrogen (secondary N) is 2. The SMILES string of the molecule is CC.CC.CNCCNC(=O)C(CC(C)=O)N(C)C(C)=O. The van der Waals surface area contributed by atoms with Gasteiger partial charge in [-0.15, -0.1) is 0 Å². The van der Waals surface area contributed by atoms with Gasteiger partial charge >= 0.3 is 0 Å². The smallest absolute Gasteiger partial charge is 0.243 e. The van der Waals surface area contributed by atoms with Gasteiger partial charge < -0.3 is 15.5 Å². The molecule has 0 aromatic heterocycles. The van der Waals surface area contributed by atoms with E-state index in [1.807, 2.05) is 27.7 Å². The Morgan fingerprint density at radius 1 is 1.00 bits per heavy atom. The Labute approximate surface area is 129 Å². The molecule has 1 unspecified atom stereocenters. The molecule has 0 saturated heterocycles. The van der Waals surface area contributed by atoms with Gasteiger partial charge in [-0.25, -0.2) is 0 Å². The first-order valence-corrected chi connectivity index (χ1v) is 7.55. The van der Waals surface area contributed by atoms with E-state index in [2.05, 4.69) is 10.6 Å². The van der Waals surface area contributed by atoms with E-state index in [1.165, 1.54) is 25.8 Å². The second kappa shape index (κ2) is 16.6. The van der Waals surface area contributed by atoms with Crippen LogP contribution in [0.4, 0.5) is 0 Å². The molecule has 2 N–H and O–H groups in total. The number of likely N-dealkylation sites (N-methyl/N-ethyl adjacent to an activating group) is 2. The summed E-state index contributed by atoms with van der Waals surface area (Å²) >= 11 is 0. The first-order chi connectivity index (χ1) is 9.90. The third kappa shape index (κ3) is 13.3. The number of Topliss-reactive ketones (excluding diaryl/α,β-unsaturated/α-hetero) is 1. The molecule has 0 aromatic carbocycles. The summed E-state index contributed by atoms with van der Waals surface area (Å²) in [5.74, 6) is -0.653. The van der Waals surface area contributed by atoms with Crippen molar-refractivity contribution < 1.29 is 14.4 Å². The predicted molar refractivity (Wildman–Crippen MR) is 87.2 cm³/mol. The lowest BCUT2D eigenvalue weighted by Gasteiger charge is -2.25. The lowest BCUT2D eigenvalue weighted by atomic mass is 10.1. The summed E-state index contributed by atoms with van der Waals surface area (Å²) < 4.78 is 0. The minimum Gasteiger partial charge on any atom is -0.353 e. The topological polar surface area (TPSA) is 78.5 Å². The summed E-state index contributed by atoms with van der Waals surface area (Å²) in [6, 6.07) is -0.721. The quantitative estimate of drug-likeness (QED) is 0.693. The molecule has 0 aliphatic carbocycles. The average molecular weight is 303 g/mol. The van der Waals surface area contributed by atoms with Gasteiger partial charge in [-0.2, -0.15) is 0 Å². The number of hydrogen-bond acceptors (Lipinski definition) is 4. The Morgan fingerprint density at radius 3 is 1.81 bits per heavy atom. The van der Waals surface area contributed by atoms with Crippen LogP contribution in [0.3, 0.4) is 0 Å². The van der Waals surface area contributed by atoms with Crippen molar-refractivity contribution in [3.8, 4) is 0 Å². The highest BCUT2D eigenvalue weighted by atomic mass is 16.2. The third-order valence-corrected chi connectivity index (χ3v) is 2.42. The molecule has 1 atom stereocenters. The highest BCUT2D eigenvalue weighted by molar-refractivity contribution is 5.91. The zero-order valence-corrected chi connectivity index (χ0v) is 14.9. The molecule has 0 rings (SSSR count). The van der Waals surface area contributed by atoms with Gasteiger partial charge in [-0.1, -0.05) is 27.7 Å². The predicted octanol–water partition coefficient (Wildman–Crippen LogP) is 1.20. The zero-order valence-electron chi connectivity index (χ0n) is 14.9. The first-order valence-electron chi connectivity index (χ1n) is 7.55. The van der Waals surface area contributed by atoms with Crippen molar-refractivity contribution in [3.63, 3.8) is 0 Å². The van der Waals surface area contributed by atoms with Crippen molar-refractivity contribution >= 4 is 17.6 Å². The second-order valence-corrected chi connectivity index (χ2v) is 3.95. The van der Waals surface area contributed by atoms with E-state index in [-0.39, 0.29) is 24.0 Å². The van der Waals surface area contributed by atoms with Crippen LogP contribution in [-0.2, 0) is 14.4 Å². The van der Waals surface area contributed by atoms with Crippen LogP contribution in [0.1, 0.15) is 48.0 Å². The van der Waals surface area contributed by atoms with Gasteiger partial charge in [-0.05, 0) is 14.0 Å². The van der Waals surface area contributed by atoms with Crippen molar-refractivity contribution in [2.45, 2.75) is 54.0 Å². The monoisotopic (exact) mass is 303 g/mol. The Balaban J connectivity index is -0.000000739. The number of nitrogens with zero attached hydrogens (tertiary/aromatic N) is 1. The van der Waals surface area contributed by atoms with Crippen LogP contribution >= 0.6 is 0 Å². The standard InChI is InChI=1S/C11H21N3O3.2C2H6/c1-8(15)7-10(14(4)9(2)16)11(17)13-6-5-12-3;2*1-2/h10,12H,5-7H2,1-4H3,(H,13,17);2*1-2H3. The lowest BCUT2D eigenvalue weighted by molar-refractivity contribution is -0.139. The molecule has 0 aromatic rings. The maximum atomic E-state index is 11.8. The number of hydrogen-bond donors (Lipinski definition) is 2.